The van der Waals surface area contributed by atoms with Gasteiger partial charge in [0.05, 0.1) is 20.0 Å². The van der Waals surface area contributed by atoms with Crippen LogP contribution in [-0.2, 0) is 6.54 Å². The van der Waals surface area contributed by atoms with Crippen molar-refractivity contribution in [2.45, 2.75) is 12.5 Å². The number of aromatic nitrogens is 2. The molecule has 0 radical (unpaired) electrons. The summed E-state index contributed by atoms with van der Waals surface area (Å²) in [6.45, 7) is 2.92. The number of methoxy groups -OCH3 is 1. The summed E-state index contributed by atoms with van der Waals surface area (Å²) in [5.41, 5.74) is 2.49. The molecule has 0 bridgehead atoms. The summed E-state index contributed by atoms with van der Waals surface area (Å²) in [4.78, 5) is 4.27. The third-order valence-corrected chi connectivity index (χ3v) is 3.48. The highest BCUT2D eigenvalue weighted by atomic mass is 16.5. The van der Waals surface area contributed by atoms with E-state index in [2.05, 4.69) is 20.9 Å². The summed E-state index contributed by atoms with van der Waals surface area (Å²) >= 11 is 0. The molecule has 0 spiro atoms. The lowest BCUT2D eigenvalue weighted by Crippen LogP contribution is -2.40. The van der Waals surface area contributed by atoms with Gasteiger partial charge < -0.3 is 14.6 Å². The van der Waals surface area contributed by atoms with Crippen LogP contribution in [0.3, 0.4) is 0 Å². The van der Waals surface area contributed by atoms with Gasteiger partial charge in [-0.1, -0.05) is 18.2 Å². The zero-order chi connectivity index (χ0) is 12.4. The molecule has 4 heteroatoms. The molecular formula is C14H17N3O. The number of para-hydroxylation sites is 1. The Bertz CT molecular complexity index is 531. The number of nitrogens with one attached hydrogen (secondary N) is 1. The second kappa shape index (κ2) is 4.82. The van der Waals surface area contributed by atoms with E-state index in [0.717, 1.165) is 25.4 Å². The summed E-state index contributed by atoms with van der Waals surface area (Å²) in [6, 6.07) is 8.13. The van der Waals surface area contributed by atoms with Gasteiger partial charge in [0.15, 0.2) is 0 Å². The van der Waals surface area contributed by atoms with E-state index in [-0.39, 0.29) is 0 Å². The Morgan fingerprint density at radius 1 is 1.39 bits per heavy atom. The molecule has 0 amide bonds. The third-order valence-electron chi connectivity index (χ3n) is 3.48. The molecule has 1 aliphatic rings. The van der Waals surface area contributed by atoms with Gasteiger partial charge in [0.25, 0.3) is 0 Å². The Kier molecular flexibility index (Phi) is 3.02. The van der Waals surface area contributed by atoms with E-state index in [1.165, 1.54) is 11.3 Å². The highest BCUT2D eigenvalue weighted by molar-refractivity contribution is 5.33. The summed E-state index contributed by atoms with van der Waals surface area (Å²) < 4.78 is 7.60. The van der Waals surface area contributed by atoms with Crippen LogP contribution in [0, 0.1) is 0 Å². The van der Waals surface area contributed by atoms with Crippen LogP contribution in [0.25, 0.3) is 0 Å². The van der Waals surface area contributed by atoms with Gasteiger partial charge >= 0.3 is 0 Å². The van der Waals surface area contributed by atoms with Crippen LogP contribution in [0.1, 0.15) is 17.2 Å². The van der Waals surface area contributed by atoms with Gasteiger partial charge in [-0.2, -0.15) is 0 Å². The number of nitrogens with zero attached hydrogens (tertiary/aromatic N) is 2. The van der Waals surface area contributed by atoms with E-state index in [4.69, 9.17) is 4.74 Å². The smallest absolute Gasteiger partial charge is 0.123 e. The zero-order valence-corrected chi connectivity index (χ0v) is 10.5. The van der Waals surface area contributed by atoms with E-state index in [0.29, 0.717) is 5.92 Å². The average Bonchev–Trinajstić information content (AvgIpc) is 2.76. The summed E-state index contributed by atoms with van der Waals surface area (Å²) in [6.07, 6.45) is 3.88. The van der Waals surface area contributed by atoms with E-state index in [9.17, 15) is 0 Å². The molecule has 1 aromatic heterocycles. The standard InChI is InChI=1S/C14H17N3O/c1-18-14-5-3-2-4-11(14)9-17-10-16-8-13(17)12-6-15-7-12/h2-5,8,10,12,15H,6-7,9H2,1H3. The second-order valence-corrected chi connectivity index (χ2v) is 4.61. The van der Waals surface area contributed by atoms with Crippen LogP contribution in [0.4, 0.5) is 0 Å². The van der Waals surface area contributed by atoms with Crippen LogP contribution in [-0.4, -0.2) is 29.8 Å². The SMILES string of the molecule is COc1ccccc1Cn1cncc1C1CNC1. The molecule has 94 valence electrons. The summed E-state index contributed by atoms with van der Waals surface area (Å²) in [7, 11) is 1.71. The highest BCUT2D eigenvalue weighted by Crippen LogP contribution is 2.23. The van der Waals surface area contributed by atoms with Gasteiger partial charge in [-0.3, -0.25) is 0 Å². The first-order valence-corrected chi connectivity index (χ1v) is 6.21. The number of ether oxygens (including phenoxy) is 1. The van der Waals surface area contributed by atoms with Gasteiger partial charge in [-0.15, -0.1) is 0 Å². The lowest BCUT2D eigenvalue weighted by atomic mass is 10.00. The van der Waals surface area contributed by atoms with Crippen LogP contribution >= 0.6 is 0 Å². The van der Waals surface area contributed by atoms with Crippen molar-refractivity contribution in [2.24, 2.45) is 0 Å². The van der Waals surface area contributed by atoms with Crippen molar-refractivity contribution in [1.29, 1.82) is 0 Å². The predicted molar refractivity (Wildman–Crippen MR) is 69.9 cm³/mol. The first kappa shape index (κ1) is 11.3. The third kappa shape index (κ3) is 1.99. The van der Waals surface area contributed by atoms with Gasteiger partial charge in [-0.05, 0) is 6.07 Å². The number of hydrogen-bond donors (Lipinski definition) is 1. The van der Waals surface area contributed by atoms with Gasteiger partial charge in [0.2, 0.25) is 0 Å². The fraction of sp³-hybridized carbons (Fsp3) is 0.357. The van der Waals surface area contributed by atoms with Gasteiger partial charge in [-0.25, -0.2) is 4.98 Å². The minimum Gasteiger partial charge on any atom is -0.496 e. The van der Waals surface area contributed by atoms with E-state index >= 15 is 0 Å². The fourth-order valence-electron chi connectivity index (χ4n) is 2.32. The van der Waals surface area contributed by atoms with Crippen molar-refractivity contribution in [3.63, 3.8) is 0 Å². The topological polar surface area (TPSA) is 39.1 Å². The Labute approximate surface area is 107 Å². The molecule has 2 heterocycles. The highest BCUT2D eigenvalue weighted by Gasteiger charge is 2.22. The fourth-order valence-corrected chi connectivity index (χ4v) is 2.32. The predicted octanol–water partition coefficient (Wildman–Crippen LogP) is 1.63. The minimum absolute atomic E-state index is 0.599. The van der Waals surface area contributed by atoms with Crippen LogP contribution in [0.15, 0.2) is 36.8 Å². The van der Waals surface area contributed by atoms with E-state index < -0.39 is 0 Å². The number of rotatable bonds is 4. The number of benzene rings is 1. The summed E-state index contributed by atoms with van der Waals surface area (Å²) in [5.74, 6) is 1.53. The number of hydrogen-bond acceptors (Lipinski definition) is 3. The maximum atomic E-state index is 5.39. The first-order chi connectivity index (χ1) is 8.88. The second-order valence-electron chi connectivity index (χ2n) is 4.61. The van der Waals surface area contributed by atoms with Gasteiger partial charge in [0, 0.05) is 36.5 Å². The van der Waals surface area contributed by atoms with Gasteiger partial charge in [0.1, 0.15) is 5.75 Å². The maximum absolute atomic E-state index is 5.39. The molecule has 2 aromatic rings. The molecule has 1 saturated heterocycles. The van der Waals surface area contributed by atoms with Crippen molar-refractivity contribution >= 4 is 0 Å². The van der Waals surface area contributed by atoms with Crippen molar-refractivity contribution in [1.82, 2.24) is 14.9 Å². The molecule has 0 unspecified atom stereocenters. The van der Waals surface area contributed by atoms with E-state index in [1.54, 1.807) is 7.11 Å². The van der Waals surface area contributed by atoms with Crippen molar-refractivity contribution in [3.8, 4) is 5.75 Å². The quantitative estimate of drug-likeness (QED) is 0.887. The molecule has 1 aromatic carbocycles. The Hall–Kier alpha value is -1.81. The monoisotopic (exact) mass is 243 g/mol. The van der Waals surface area contributed by atoms with Crippen molar-refractivity contribution < 1.29 is 4.74 Å². The molecule has 0 saturated carbocycles. The molecular weight excluding hydrogens is 226 g/mol. The molecule has 18 heavy (non-hydrogen) atoms. The van der Waals surface area contributed by atoms with Crippen LogP contribution < -0.4 is 10.1 Å². The molecule has 1 N–H and O–H groups in total. The summed E-state index contributed by atoms with van der Waals surface area (Å²) in [5, 5.41) is 3.30. The molecule has 0 aliphatic carbocycles. The largest absolute Gasteiger partial charge is 0.496 e. The molecule has 3 rings (SSSR count). The van der Waals surface area contributed by atoms with Crippen molar-refractivity contribution in [2.75, 3.05) is 20.2 Å². The Morgan fingerprint density at radius 3 is 2.94 bits per heavy atom. The first-order valence-electron chi connectivity index (χ1n) is 6.21. The molecule has 0 atom stereocenters. The van der Waals surface area contributed by atoms with Crippen molar-refractivity contribution in [3.05, 3.63) is 48.0 Å². The average molecular weight is 243 g/mol. The normalized spacial score (nSPS) is 15.4. The van der Waals surface area contributed by atoms with Crippen LogP contribution in [0.5, 0.6) is 5.75 Å². The number of imidazole rings is 1. The maximum Gasteiger partial charge on any atom is 0.123 e. The lowest BCUT2D eigenvalue weighted by molar-refractivity contribution is 0.404. The Balaban J connectivity index is 1.85. The Morgan fingerprint density at radius 2 is 2.22 bits per heavy atom. The lowest BCUT2D eigenvalue weighted by Gasteiger charge is -2.28. The zero-order valence-electron chi connectivity index (χ0n) is 10.5. The van der Waals surface area contributed by atoms with Crippen LogP contribution in [0.2, 0.25) is 0 Å². The minimum atomic E-state index is 0.599. The van der Waals surface area contributed by atoms with E-state index in [1.807, 2.05) is 30.7 Å². The molecule has 1 aliphatic heterocycles. The molecule has 4 nitrogen and oxygen atoms in total. The molecule has 1 fully saturated rings.